The summed E-state index contributed by atoms with van der Waals surface area (Å²) in [6.07, 6.45) is 9.09. The lowest BCUT2D eigenvalue weighted by atomic mass is 10.2. The summed E-state index contributed by atoms with van der Waals surface area (Å²) < 4.78 is 1.83. The predicted molar refractivity (Wildman–Crippen MR) is 67.0 cm³/mol. The molecular formula is C13H17N3. The minimum Gasteiger partial charge on any atom is -0.220 e. The third-order valence-electron chi connectivity index (χ3n) is 2.60. The van der Waals surface area contributed by atoms with E-state index in [0.717, 1.165) is 17.5 Å². The Morgan fingerprint density at radius 3 is 3.00 bits per heavy atom. The van der Waals surface area contributed by atoms with Crippen LogP contribution in [0.2, 0.25) is 0 Å². The highest BCUT2D eigenvalue weighted by molar-refractivity contribution is 5.75. The van der Waals surface area contributed by atoms with Crippen molar-refractivity contribution < 1.29 is 0 Å². The fourth-order valence-electron chi connectivity index (χ4n) is 1.68. The van der Waals surface area contributed by atoms with Crippen LogP contribution < -0.4 is 0 Å². The van der Waals surface area contributed by atoms with E-state index in [2.05, 4.69) is 23.3 Å². The minimum absolute atomic E-state index is 0.945. The Hall–Kier alpha value is -1.64. The van der Waals surface area contributed by atoms with Crippen LogP contribution in [0.15, 0.2) is 30.3 Å². The van der Waals surface area contributed by atoms with Crippen LogP contribution in [-0.2, 0) is 0 Å². The molecule has 1 aromatic heterocycles. The molecule has 0 spiro atoms. The summed E-state index contributed by atoms with van der Waals surface area (Å²) in [5.41, 5.74) is 2.01. The predicted octanol–water partition coefficient (Wildman–Crippen LogP) is 3.48. The summed E-state index contributed by atoms with van der Waals surface area (Å²) in [6, 6.07) is 7.99. The van der Waals surface area contributed by atoms with Crippen LogP contribution in [-0.4, -0.2) is 15.0 Å². The van der Waals surface area contributed by atoms with Gasteiger partial charge in [0.15, 0.2) is 0 Å². The highest BCUT2D eigenvalue weighted by Gasteiger charge is 1.98. The number of para-hydroxylation sites is 1. The van der Waals surface area contributed by atoms with E-state index in [4.69, 9.17) is 0 Å². The standard InChI is InChI=1S/C13H17N3/c1-2-3-4-5-8-11-16-13-10-7-6-9-12(13)14-15-16/h6-11H,2-5H2,1H3/b11-8+. The number of allylic oxidation sites excluding steroid dienone is 1. The monoisotopic (exact) mass is 215 g/mol. The van der Waals surface area contributed by atoms with Gasteiger partial charge in [0.05, 0.1) is 5.52 Å². The molecule has 0 saturated heterocycles. The van der Waals surface area contributed by atoms with Crippen molar-refractivity contribution in [3.05, 3.63) is 30.3 Å². The van der Waals surface area contributed by atoms with Crippen molar-refractivity contribution >= 4 is 17.2 Å². The number of hydrogen-bond donors (Lipinski definition) is 0. The molecule has 1 aromatic carbocycles. The van der Waals surface area contributed by atoms with E-state index < -0.39 is 0 Å². The molecule has 1 heterocycles. The fourth-order valence-corrected chi connectivity index (χ4v) is 1.68. The zero-order valence-electron chi connectivity index (χ0n) is 9.63. The third-order valence-corrected chi connectivity index (χ3v) is 2.60. The van der Waals surface area contributed by atoms with Crippen molar-refractivity contribution in [3.63, 3.8) is 0 Å². The van der Waals surface area contributed by atoms with E-state index in [1.807, 2.05) is 35.1 Å². The Balaban J connectivity index is 2.04. The van der Waals surface area contributed by atoms with Crippen molar-refractivity contribution in [1.29, 1.82) is 0 Å². The molecule has 3 nitrogen and oxygen atoms in total. The molecule has 0 unspecified atom stereocenters. The number of unbranched alkanes of at least 4 members (excludes halogenated alkanes) is 3. The summed E-state index contributed by atoms with van der Waals surface area (Å²) in [6.45, 7) is 2.22. The average molecular weight is 215 g/mol. The summed E-state index contributed by atoms with van der Waals surface area (Å²) in [5, 5.41) is 8.19. The molecule has 16 heavy (non-hydrogen) atoms. The zero-order chi connectivity index (χ0) is 11.2. The second kappa shape index (κ2) is 5.45. The Labute approximate surface area is 95.8 Å². The summed E-state index contributed by atoms with van der Waals surface area (Å²) >= 11 is 0. The highest BCUT2D eigenvalue weighted by Crippen LogP contribution is 2.10. The van der Waals surface area contributed by atoms with E-state index >= 15 is 0 Å². The topological polar surface area (TPSA) is 30.7 Å². The van der Waals surface area contributed by atoms with Crippen molar-refractivity contribution in [1.82, 2.24) is 15.0 Å². The van der Waals surface area contributed by atoms with Crippen LogP contribution >= 0.6 is 0 Å². The molecule has 0 aliphatic carbocycles. The summed E-state index contributed by atoms with van der Waals surface area (Å²) in [5.74, 6) is 0. The van der Waals surface area contributed by atoms with Crippen LogP contribution in [0.5, 0.6) is 0 Å². The van der Waals surface area contributed by atoms with E-state index in [1.165, 1.54) is 19.3 Å². The maximum atomic E-state index is 4.10. The zero-order valence-corrected chi connectivity index (χ0v) is 9.63. The number of fused-ring (bicyclic) bond motifs is 1. The first-order chi connectivity index (χ1) is 7.92. The second-order valence-corrected chi connectivity index (χ2v) is 3.90. The van der Waals surface area contributed by atoms with E-state index in [-0.39, 0.29) is 0 Å². The van der Waals surface area contributed by atoms with Gasteiger partial charge in [0.1, 0.15) is 5.52 Å². The van der Waals surface area contributed by atoms with Gasteiger partial charge in [-0.05, 0) is 25.0 Å². The van der Waals surface area contributed by atoms with Gasteiger partial charge in [-0.2, -0.15) is 0 Å². The number of aromatic nitrogens is 3. The van der Waals surface area contributed by atoms with Gasteiger partial charge in [-0.3, -0.25) is 0 Å². The van der Waals surface area contributed by atoms with Crippen molar-refractivity contribution in [2.24, 2.45) is 0 Å². The van der Waals surface area contributed by atoms with Crippen LogP contribution in [0.3, 0.4) is 0 Å². The molecule has 2 rings (SSSR count). The first kappa shape index (κ1) is 10.9. The summed E-state index contributed by atoms with van der Waals surface area (Å²) in [4.78, 5) is 0. The van der Waals surface area contributed by atoms with E-state index in [9.17, 15) is 0 Å². The second-order valence-electron chi connectivity index (χ2n) is 3.90. The number of rotatable bonds is 5. The lowest BCUT2D eigenvalue weighted by molar-refractivity contribution is 0.728. The molecule has 0 radical (unpaired) electrons. The van der Waals surface area contributed by atoms with Crippen LogP contribution in [0.4, 0.5) is 0 Å². The number of benzene rings is 1. The average Bonchev–Trinajstić information content (AvgIpc) is 2.73. The molecule has 0 atom stereocenters. The van der Waals surface area contributed by atoms with Gasteiger partial charge < -0.3 is 0 Å². The van der Waals surface area contributed by atoms with Crippen molar-refractivity contribution in [3.8, 4) is 0 Å². The molecule has 0 saturated carbocycles. The Bertz CT molecular complexity index is 471. The molecular weight excluding hydrogens is 198 g/mol. The molecule has 0 aliphatic rings. The highest BCUT2D eigenvalue weighted by atomic mass is 15.4. The summed E-state index contributed by atoms with van der Waals surface area (Å²) in [7, 11) is 0. The SMILES string of the molecule is CCCCC/C=C/n1nnc2ccccc21. The quantitative estimate of drug-likeness (QED) is 0.715. The van der Waals surface area contributed by atoms with Gasteiger partial charge in [-0.15, -0.1) is 5.10 Å². The van der Waals surface area contributed by atoms with Gasteiger partial charge in [-0.25, -0.2) is 4.68 Å². The molecule has 2 aromatic rings. The Morgan fingerprint density at radius 1 is 1.25 bits per heavy atom. The molecule has 0 amide bonds. The van der Waals surface area contributed by atoms with Crippen LogP contribution in [0.1, 0.15) is 32.6 Å². The maximum Gasteiger partial charge on any atom is 0.113 e. The van der Waals surface area contributed by atoms with E-state index in [1.54, 1.807) is 0 Å². The van der Waals surface area contributed by atoms with Gasteiger partial charge in [0.25, 0.3) is 0 Å². The molecule has 84 valence electrons. The smallest absolute Gasteiger partial charge is 0.113 e. The largest absolute Gasteiger partial charge is 0.220 e. The molecule has 0 fully saturated rings. The van der Waals surface area contributed by atoms with Crippen molar-refractivity contribution in [2.45, 2.75) is 32.6 Å². The van der Waals surface area contributed by atoms with Crippen LogP contribution in [0, 0.1) is 0 Å². The van der Waals surface area contributed by atoms with Crippen molar-refractivity contribution in [2.75, 3.05) is 0 Å². The fraction of sp³-hybridized carbons (Fsp3) is 0.385. The minimum atomic E-state index is 0.945. The maximum absolute atomic E-state index is 4.10. The van der Waals surface area contributed by atoms with Gasteiger partial charge >= 0.3 is 0 Å². The van der Waals surface area contributed by atoms with Gasteiger partial charge in [-0.1, -0.05) is 43.2 Å². The molecule has 0 N–H and O–H groups in total. The lowest BCUT2D eigenvalue weighted by Crippen LogP contribution is -1.88. The first-order valence-corrected chi connectivity index (χ1v) is 5.88. The Morgan fingerprint density at radius 2 is 2.12 bits per heavy atom. The number of nitrogens with zero attached hydrogens (tertiary/aromatic N) is 3. The van der Waals surface area contributed by atoms with Gasteiger partial charge in [0, 0.05) is 6.20 Å². The molecule has 0 aliphatic heterocycles. The van der Waals surface area contributed by atoms with E-state index in [0.29, 0.717) is 0 Å². The Kier molecular flexibility index (Phi) is 3.70. The first-order valence-electron chi connectivity index (χ1n) is 5.88. The number of hydrogen-bond acceptors (Lipinski definition) is 2. The molecule has 0 bridgehead atoms. The van der Waals surface area contributed by atoms with Crippen LogP contribution in [0.25, 0.3) is 17.2 Å². The van der Waals surface area contributed by atoms with Gasteiger partial charge in [0.2, 0.25) is 0 Å². The lowest BCUT2D eigenvalue weighted by Gasteiger charge is -1.94. The molecule has 3 heteroatoms. The normalized spacial score (nSPS) is 11.6. The third kappa shape index (κ3) is 2.48.